The normalized spacial score (nSPS) is 26.0. The number of rotatable bonds is 4. The highest BCUT2D eigenvalue weighted by molar-refractivity contribution is 5.14. The fourth-order valence-corrected chi connectivity index (χ4v) is 2.67. The summed E-state index contributed by atoms with van der Waals surface area (Å²) < 4.78 is 0. The monoisotopic (exact) mass is 232 g/mol. The van der Waals surface area contributed by atoms with Crippen LogP contribution in [0.3, 0.4) is 0 Å². The van der Waals surface area contributed by atoms with Crippen LogP contribution in [0, 0.1) is 5.92 Å². The third-order valence-corrected chi connectivity index (χ3v) is 3.85. The van der Waals surface area contributed by atoms with Crippen LogP contribution in [-0.4, -0.2) is 30.6 Å². The molecular formula is C15H24N2. The molecule has 1 fully saturated rings. The number of nitrogens with one attached hydrogen (secondary N) is 1. The van der Waals surface area contributed by atoms with Gasteiger partial charge in [-0.3, -0.25) is 0 Å². The SMILES string of the molecule is CCN1CCC(NCc2ccccc2)C(C)C1. The van der Waals surface area contributed by atoms with Crippen LogP contribution in [-0.2, 0) is 6.54 Å². The summed E-state index contributed by atoms with van der Waals surface area (Å²) in [5, 5.41) is 3.71. The molecule has 0 saturated carbocycles. The van der Waals surface area contributed by atoms with E-state index in [4.69, 9.17) is 0 Å². The molecular weight excluding hydrogens is 208 g/mol. The third-order valence-electron chi connectivity index (χ3n) is 3.85. The van der Waals surface area contributed by atoms with E-state index >= 15 is 0 Å². The van der Waals surface area contributed by atoms with Crippen molar-refractivity contribution in [3.8, 4) is 0 Å². The Morgan fingerprint density at radius 2 is 2.06 bits per heavy atom. The average Bonchev–Trinajstić information content (AvgIpc) is 2.38. The van der Waals surface area contributed by atoms with Crippen LogP contribution in [0.15, 0.2) is 30.3 Å². The van der Waals surface area contributed by atoms with Gasteiger partial charge in [0, 0.05) is 19.1 Å². The first kappa shape index (κ1) is 12.6. The zero-order valence-corrected chi connectivity index (χ0v) is 11.0. The predicted octanol–water partition coefficient (Wildman–Crippen LogP) is 2.51. The van der Waals surface area contributed by atoms with E-state index in [0.717, 1.165) is 12.5 Å². The Hall–Kier alpha value is -0.860. The number of benzene rings is 1. The summed E-state index contributed by atoms with van der Waals surface area (Å²) in [6, 6.07) is 11.4. The summed E-state index contributed by atoms with van der Waals surface area (Å²) in [6.45, 7) is 9.29. The minimum atomic E-state index is 0.679. The third kappa shape index (κ3) is 3.55. The Labute approximate surface area is 105 Å². The predicted molar refractivity (Wildman–Crippen MR) is 73.0 cm³/mol. The molecule has 2 rings (SSSR count). The van der Waals surface area contributed by atoms with E-state index < -0.39 is 0 Å². The first-order valence-corrected chi connectivity index (χ1v) is 6.79. The van der Waals surface area contributed by atoms with Crippen LogP contribution in [0.4, 0.5) is 0 Å². The van der Waals surface area contributed by atoms with E-state index in [2.05, 4.69) is 54.4 Å². The lowest BCUT2D eigenvalue weighted by Gasteiger charge is -2.36. The molecule has 0 spiro atoms. The van der Waals surface area contributed by atoms with Crippen LogP contribution in [0.25, 0.3) is 0 Å². The van der Waals surface area contributed by atoms with Gasteiger partial charge in [0.05, 0.1) is 0 Å². The smallest absolute Gasteiger partial charge is 0.0208 e. The lowest BCUT2D eigenvalue weighted by Crippen LogP contribution is -2.47. The van der Waals surface area contributed by atoms with Crippen LogP contribution in [0.2, 0.25) is 0 Å². The molecule has 1 saturated heterocycles. The molecule has 1 aromatic rings. The van der Waals surface area contributed by atoms with Gasteiger partial charge in [-0.05, 0) is 31.0 Å². The van der Waals surface area contributed by atoms with Gasteiger partial charge in [-0.2, -0.15) is 0 Å². The van der Waals surface area contributed by atoms with Crippen molar-refractivity contribution in [1.82, 2.24) is 10.2 Å². The number of hydrogen-bond donors (Lipinski definition) is 1. The van der Waals surface area contributed by atoms with Crippen LogP contribution >= 0.6 is 0 Å². The zero-order chi connectivity index (χ0) is 12.1. The maximum Gasteiger partial charge on any atom is 0.0208 e. The van der Waals surface area contributed by atoms with Gasteiger partial charge in [-0.1, -0.05) is 44.2 Å². The van der Waals surface area contributed by atoms with Gasteiger partial charge in [-0.15, -0.1) is 0 Å². The highest BCUT2D eigenvalue weighted by Crippen LogP contribution is 2.16. The number of likely N-dealkylation sites (tertiary alicyclic amines) is 1. The molecule has 0 radical (unpaired) electrons. The van der Waals surface area contributed by atoms with Crippen molar-refractivity contribution in [2.45, 2.75) is 32.9 Å². The van der Waals surface area contributed by atoms with Gasteiger partial charge in [0.25, 0.3) is 0 Å². The number of piperidine rings is 1. The van der Waals surface area contributed by atoms with E-state index in [1.54, 1.807) is 0 Å². The summed E-state index contributed by atoms with van der Waals surface area (Å²) in [4.78, 5) is 2.55. The maximum absolute atomic E-state index is 3.71. The van der Waals surface area contributed by atoms with Gasteiger partial charge in [0.1, 0.15) is 0 Å². The Morgan fingerprint density at radius 1 is 1.29 bits per heavy atom. The second-order valence-corrected chi connectivity index (χ2v) is 5.13. The maximum atomic E-state index is 3.71. The van der Waals surface area contributed by atoms with E-state index in [1.807, 2.05) is 0 Å². The standard InChI is InChI=1S/C15H24N2/c1-3-17-10-9-15(13(2)12-17)16-11-14-7-5-4-6-8-14/h4-8,13,15-16H,3,9-12H2,1-2H3. The molecule has 1 heterocycles. The number of nitrogens with zero attached hydrogens (tertiary/aromatic N) is 1. The molecule has 1 aromatic carbocycles. The molecule has 1 aliphatic rings. The lowest BCUT2D eigenvalue weighted by molar-refractivity contribution is 0.153. The van der Waals surface area contributed by atoms with Gasteiger partial charge < -0.3 is 10.2 Å². The molecule has 2 atom stereocenters. The summed E-state index contributed by atoms with van der Waals surface area (Å²) in [5.74, 6) is 0.757. The Morgan fingerprint density at radius 3 is 2.71 bits per heavy atom. The largest absolute Gasteiger partial charge is 0.310 e. The highest BCUT2D eigenvalue weighted by Gasteiger charge is 2.24. The van der Waals surface area contributed by atoms with Crippen molar-refractivity contribution in [3.63, 3.8) is 0 Å². The fourth-order valence-electron chi connectivity index (χ4n) is 2.67. The van der Waals surface area contributed by atoms with Crippen molar-refractivity contribution in [2.75, 3.05) is 19.6 Å². The zero-order valence-electron chi connectivity index (χ0n) is 11.0. The van der Waals surface area contributed by atoms with Gasteiger partial charge in [-0.25, -0.2) is 0 Å². The Bertz CT molecular complexity index is 323. The molecule has 17 heavy (non-hydrogen) atoms. The number of hydrogen-bond acceptors (Lipinski definition) is 2. The first-order chi connectivity index (χ1) is 8.29. The summed E-state index contributed by atoms with van der Waals surface area (Å²) in [7, 11) is 0. The minimum Gasteiger partial charge on any atom is -0.310 e. The van der Waals surface area contributed by atoms with Crippen molar-refractivity contribution < 1.29 is 0 Å². The van der Waals surface area contributed by atoms with E-state index in [0.29, 0.717) is 6.04 Å². The highest BCUT2D eigenvalue weighted by atomic mass is 15.1. The lowest BCUT2D eigenvalue weighted by atomic mass is 9.93. The fraction of sp³-hybridized carbons (Fsp3) is 0.600. The van der Waals surface area contributed by atoms with Crippen molar-refractivity contribution >= 4 is 0 Å². The first-order valence-electron chi connectivity index (χ1n) is 6.79. The van der Waals surface area contributed by atoms with E-state index in [-0.39, 0.29) is 0 Å². The van der Waals surface area contributed by atoms with Crippen LogP contribution < -0.4 is 5.32 Å². The molecule has 0 bridgehead atoms. The average molecular weight is 232 g/mol. The van der Waals surface area contributed by atoms with Gasteiger partial charge >= 0.3 is 0 Å². The molecule has 94 valence electrons. The quantitative estimate of drug-likeness (QED) is 0.858. The molecule has 2 heteroatoms. The van der Waals surface area contributed by atoms with Crippen LogP contribution in [0.1, 0.15) is 25.8 Å². The Kier molecular flexibility index (Phi) is 4.57. The Balaban J connectivity index is 1.80. The summed E-state index contributed by atoms with van der Waals surface area (Å²) in [6.07, 6.45) is 1.28. The summed E-state index contributed by atoms with van der Waals surface area (Å²) in [5.41, 5.74) is 1.39. The van der Waals surface area contributed by atoms with E-state index in [1.165, 1.54) is 31.6 Å². The molecule has 0 aromatic heterocycles. The second kappa shape index (κ2) is 6.18. The minimum absolute atomic E-state index is 0.679. The molecule has 1 aliphatic heterocycles. The second-order valence-electron chi connectivity index (χ2n) is 5.13. The molecule has 1 N–H and O–H groups in total. The van der Waals surface area contributed by atoms with Crippen molar-refractivity contribution in [2.24, 2.45) is 5.92 Å². The van der Waals surface area contributed by atoms with E-state index in [9.17, 15) is 0 Å². The molecule has 2 unspecified atom stereocenters. The molecule has 2 nitrogen and oxygen atoms in total. The topological polar surface area (TPSA) is 15.3 Å². The van der Waals surface area contributed by atoms with Gasteiger partial charge in [0.15, 0.2) is 0 Å². The molecule has 0 aliphatic carbocycles. The molecule has 0 amide bonds. The summed E-state index contributed by atoms with van der Waals surface area (Å²) >= 11 is 0. The van der Waals surface area contributed by atoms with Crippen LogP contribution in [0.5, 0.6) is 0 Å². The van der Waals surface area contributed by atoms with Gasteiger partial charge in [0.2, 0.25) is 0 Å². The van der Waals surface area contributed by atoms with Crippen molar-refractivity contribution in [3.05, 3.63) is 35.9 Å². The van der Waals surface area contributed by atoms with Crippen molar-refractivity contribution in [1.29, 1.82) is 0 Å².